The molecule has 6 nitrogen and oxygen atoms in total. The summed E-state index contributed by atoms with van der Waals surface area (Å²) in [4.78, 5) is 22.4. The minimum atomic E-state index is -0.880. The highest BCUT2D eigenvalue weighted by molar-refractivity contribution is 6.35. The summed E-state index contributed by atoms with van der Waals surface area (Å²) in [5.74, 6) is -2.04. The summed E-state index contributed by atoms with van der Waals surface area (Å²) in [6, 6.07) is 5.51. The number of nitrogens with zero attached hydrogens (tertiary/aromatic N) is 1. The molecular weight excluding hydrogens is 253 g/mol. The van der Waals surface area contributed by atoms with Crippen LogP contribution in [0.1, 0.15) is 5.56 Å². The van der Waals surface area contributed by atoms with Crippen LogP contribution in [0.15, 0.2) is 29.4 Å². The third-order valence-corrected chi connectivity index (χ3v) is 2.05. The van der Waals surface area contributed by atoms with Gasteiger partial charge >= 0.3 is 11.8 Å². The van der Waals surface area contributed by atoms with Crippen LogP contribution in [-0.2, 0) is 14.3 Å². The largest absolute Gasteiger partial charge is 0.383 e. The van der Waals surface area contributed by atoms with E-state index in [1.807, 2.05) is 0 Å². The van der Waals surface area contributed by atoms with Gasteiger partial charge in [0.2, 0.25) is 0 Å². The van der Waals surface area contributed by atoms with Crippen molar-refractivity contribution < 1.29 is 18.7 Å². The number of ether oxygens (including phenoxy) is 1. The number of nitrogens with one attached hydrogen (secondary N) is 2. The van der Waals surface area contributed by atoms with Gasteiger partial charge in [-0.2, -0.15) is 5.10 Å². The first kappa shape index (κ1) is 14.8. The van der Waals surface area contributed by atoms with E-state index >= 15 is 0 Å². The highest BCUT2D eigenvalue weighted by Crippen LogP contribution is 1.99. The Bertz CT molecular complexity index is 460. The van der Waals surface area contributed by atoms with Crippen molar-refractivity contribution in [2.45, 2.75) is 0 Å². The maximum atomic E-state index is 12.6. The van der Waals surface area contributed by atoms with E-state index in [1.54, 1.807) is 0 Å². The van der Waals surface area contributed by atoms with E-state index < -0.39 is 11.8 Å². The van der Waals surface area contributed by atoms with Gasteiger partial charge in [-0.3, -0.25) is 9.59 Å². The van der Waals surface area contributed by atoms with Gasteiger partial charge in [-0.1, -0.05) is 12.1 Å². The number of benzene rings is 1. The Hall–Kier alpha value is -2.28. The van der Waals surface area contributed by atoms with Crippen LogP contribution in [0.5, 0.6) is 0 Å². The van der Waals surface area contributed by atoms with E-state index in [2.05, 4.69) is 15.8 Å². The second-order valence-corrected chi connectivity index (χ2v) is 3.50. The molecule has 102 valence electrons. The minimum absolute atomic E-state index is 0.241. The third-order valence-electron chi connectivity index (χ3n) is 2.05. The molecule has 0 aliphatic rings. The summed E-state index contributed by atoms with van der Waals surface area (Å²) in [6.07, 6.45) is 1.31. The molecule has 0 heterocycles. The van der Waals surface area contributed by atoms with Crippen molar-refractivity contribution in [1.82, 2.24) is 10.7 Å². The molecule has 1 aromatic rings. The lowest BCUT2D eigenvalue weighted by atomic mass is 10.2. The van der Waals surface area contributed by atoms with Crippen LogP contribution in [0.2, 0.25) is 0 Å². The zero-order valence-corrected chi connectivity index (χ0v) is 10.4. The maximum Gasteiger partial charge on any atom is 0.329 e. The third kappa shape index (κ3) is 5.73. The van der Waals surface area contributed by atoms with Gasteiger partial charge in [-0.05, 0) is 17.7 Å². The quantitative estimate of drug-likeness (QED) is 0.342. The molecular formula is C12H14FN3O3. The summed E-state index contributed by atoms with van der Waals surface area (Å²) < 4.78 is 17.3. The van der Waals surface area contributed by atoms with Gasteiger partial charge in [-0.25, -0.2) is 9.82 Å². The normalized spacial score (nSPS) is 10.4. The Kier molecular flexibility index (Phi) is 6.17. The molecule has 0 atom stereocenters. The van der Waals surface area contributed by atoms with Crippen molar-refractivity contribution in [3.63, 3.8) is 0 Å². The number of hydrogen-bond acceptors (Lipinski definition) is 4. The smallest absolute Gasteiger partial charge is 0.329 e. The highest BCUT2D eigenvalue weighted by Gasteiger charge is 2.10. The summed E-state index contributed by atoms with van der Waals surface area (Å²) in [7, 11) is 1.49. The number of amides is 2. The zero-order chi connectivity index (χ0) is 14.1. The first-order valence-corrected chi connectivity index (χ1v) is 5.49. The van der Waals surface area contributed by atoms with Gasteiger partial charge in [-0.15, -0.1) is 0 Å². The number of carbonyl (C=O) groups excluding carboxylic acids is 2. The lowest BCUT2D eigenvalue weighted by Crippen LogP contribution is -2.39. The van der Waals surface area contributed by atoms with Gasteiger partial charge in [0.05, 0.1) is 12.8 Å². The molecule has 0 aromatic heterocycles. The Morgan fingerprint density at radius 2 is 2.00 bits per heavy atom. The molecule has 0 saturated heterocycles. The van der Waals surface area contributed by atoms with Crippen LogP contribution in [-0.4, -0.2) is 38.3 Å². The van der Waals surface area contributed by atoms with Crippen LogP contribution in [0.4, 0.5) is 4.39 Å². The van der Waals surface area contributed by atoms with E-state index in [1.165, 1.54) is 37.6 Å². The van der Waals surface area contributed by atoms with Crippen LogP contribution in [0.3, 0.4) is 0 Å². The molecule has 0 fully saturated rings. The Morgan fingerprint density at radius 1 is 1.32 bits per heavy atom. The fourth-order valence-electron chi connectivity index (χ4n) is 1.11. The molecule has 1 aromatic carbocycles. The fourth-order valence-corrected chi connectivity index (χ4v) is 1.11. The van der Waals surface area contributed by atoms with Crippen LogP contribution in [0, 0.1) is 5.82 Å². The standard InChI is InChI=1S/C12H14FN3O3/c1-19-7-6-14-11(17)12(18)16-15-8-9-2-4-10(13)5-3-9/h2-5,8H,6-7H2,1H3,(H,14,17)(H,16,18). The lowest BCUT2D eigenvalue weighted by Gasteiger charge is -2.02. The van der Waals surface area contributed by atoms with Crippen molar-refractivity contribution in [2.75, 3.05) is 20.3 Å². The molecule has 19 heavy (non-hydrogen) atoms. The Morgan fingerprint density at radius 3 is 2.63 bits per heavy atom. The average Bonchev–Trinajstić information content (AvgIpc) is 2.41. The number of halogens is 1. The molecule has 0 spiro atoms. The monoisotopic (exact) mass is 267 g/mol. The van der Waals surface area contributed by atoms with Gasteiger partial charge in [0.25, 0.3) is 0 Å². The summed E-state index contributed by atoms with van der Waals surface area (Å²) in [5.41, 5.74) is 2.65. The predicted octanol–water partition coefficient (Wildman–Crippen LogP) is 0.0384. The molecule has 0 radical (unpaired) electrons. The molecule has 2 N–H and O–H groups in total. The number of hydrazone groups is 1. The van der Waals surface area contributed by atoms with Crippen molar-refractivity contribution in [3.05, 3.63) is 35.6 Å². The van der Waals surface area contributed by atoms with E-state index in [0.29, 0.717) is 12.2 Å². The van der Waals surface area contributed by atoms with Crippen molar-refractivity contribution in [3.8, 4) is 0 Å². The number of methoxy groups -OCH3 is 1. The number of hydrogen-bond donors (Lipinski definition) is 2. The van der Waals surface area contributed by atoms with Crippen LogP contribution in [0.25, 0.3) is 0 Å². The summed E-state index contributed by atoms with van der Waals surface area (Å²) in [5, 5.41) is 5.92. The van der Waals surface area contributed by atoms with Gasteiger partial charge in [0.1, 0.15) is 5.82 Å². The maximum absolute atomic E-state index is 12.6. The van der Waals surface area contributed by atoms with E-state index in [9.17, 15) is 14.0 Å². The minimum Gasteiger partial charge on any atom is -0.383 e. The zero-order valence-electron chi connectivity index (χ0n) is 10.4. The van der Waals surface area contributed by atoms with Crippen molar-refractivity contribution >= 4 is 18.0 Å². The molecule has 2 amide bonds. The Labute approximate surface area is 109 Å². The van der Waals surface area contributed by atoms with E-state index in [0.717, 1.165) is 0 Å². The Balaban J connectivity index is 2.36. The molecule has 0 bridgehead atoms. The number of rotatable bonds is 5. The molecule has 0 unspecified atom stereocenters. The van der Waals surface area contributed by atoms with Gasteiger partial charge in [0.15, 0.2) is 0 Å². The van der Waals surface area contributed by atoms with Crippen molar-refractivity contribution in [1.29, 1.82) is 0 Å². The molecule has 0 saturated carbocycles. The second kappa shape index (κ2) is 7.93. The van der Waals surface area contributed by atoms with Crippen molar-refractivity contribution in [2.24, 2.45) is 5.10 Å². The fraction of sp³-hybridized carbons (Fsp3) is 0.250. The molecule has 0 aliphatic heterocycles. The topological polar surface area (TPSA) is 79.8 Å². The molecule has 0 aliphatic carbocycles. The van der Waals surface area contributed by atoms with Gasteiger partial charge < -0.3 is 10.1 Å². The first-order chi connectivity index (χ1) is 9.13. The van der Waals surface area contributed by atoms with Crippen LogP contribution < -0.4 is 10.7 Å². The SMILES string of the molecule is COCCNC(=O)C(=O)NN=Cc1ccc(F)cc1. The van der Waals surface area contributed by atoms with E-state index in [4.69, 9.17) is 4.74 Å². The van der Waals surface area contributed by atoms with Gasteiger partial charge in [0, 0.05) is 13.7 Å². The molecule has 1 rings (SSSR count). The summed E-state index contributed by atoms with van der Waals surface area (Å²) >= 11 is 0. The first-order valence-electron chi connectivity index (χ1n) is 5.49. The number of carbonyl (C=O) groups is 2. The van der Waals surface area contributed by atoms with Crippen LogP contribution >= 0.6 is 0 Å². The predicted molar refractivity (Wildman–Crippen MR) is 67.0 cm³/mol. The second-order valence-electron chi connectivity index (χ2n) is 3.50. The molecule has 7 heteroatoms. The van der Waals surface area contributed by atoms with E-state index in [-0.39, 0.29) is 12.4 Å². The average molecular weight is 267 g/mol. The summed E-state index contributed by atoms with van der Waals surface area (Å²) in [6.45, 7) is 0.558. The lowest BCUT2D eigenvalue weighted by molar-refractivity contribution is -0.139. The highest BCUT2D eigenvalue weighted by atomic mass is 19.1.